The van der Waals surface area contributed by atoms with Crippen molar-refractivity contribution in [3.8, 4) is 5.75 Å². The predicted molar refractivity (Wildman–Crippen MR) is 77.2 cm³/mol. The van der Waals surface area contributed by atoms with Gasteiger partial charge in [0.2, 0.25) is 0 Å². The van der Waals surface area contributed by atoms with E-state index in [1.54, 1.807) is 13.4 Å². The summed E-state index contributed by atoms with van der Waals surface area (Å²) in [4.78, 5) is 3.15. The first kappa shape index (κ1) is 13.3. The van der Waals surface area contributed by atoms with E-state index in [1.807, 2.05) is 29.7 Å². The molecule has 0 saturated heterocycles. The monoisotopic (exact) mass is 284 g/mol. The summed E-state index contributed by atoms with van der Waals surface area (Å²) in [6.07, 6.45) is 1.71. The Kier molecular flexibility index (Phi) is 3.87. The lowest BCUT2D eigenvalue weighted by Crippen LogP contribution is -2.17. The number of nitrogens with one attached hydrogen (secondary N) is 1. The minimum Gasteiger partial charge on any atom is -0.497 e. The molecule has 2 rings (SSSR count). The quantitative estimate of drug-likeness (QED) is 0.877. The average Bonchev–Trinajstić information content (AvgIpc) is 2.65. The third-order valence-corrected chi connectivity index (χ3v) is 4.59. The van der Waals surface area contributed by atoms with E-state index >= 15 is 0 Å². The molecule has 0 bridgehead atoms. The Morgan fingerprint density at radius 2 is 2.28 bits per heavy atom. The maximum atomic E-state index is 11.5. The molecule has 98 valence electrons. The Morgan fingerprint density at radius 1 is 1.56 bits per heavy atom. The van der Waals surface area contributed by atoms with Gasteiger partial charge < -0.3 is 14.3 Å². The van der Waals surface area contributed by atoms with Crippen LogP contribution in [0.25, 0.3) is 11.0 Å². The second-order valence-electron chi connectivity index (χ2n) is 4.23. The van der Waals surface area contributed by atoms with Gasteiger partial charge in [0, 0.05) is 34.9 Å². The lowest BCUT2D eigenvalue weighted by Gasteiger charge is -2.10. The van der Waals surface area contributed by atoms with Crippen LogP contribution in [0.5, 0.6) is 5.75 Å². The van der Waals surface area contributed by atoms with Gasteiger partial charge in [0.15, 0.2) is 4.77 Å². The molecule has 0 spiro atoms. The standard InChI is InChI=1S/C12H16N2O2S2/c1-8(18(3)15)7-14-11-6-9(16-2)4-5-10(11)13-12(14)17/h4-6,8H,7H2,1-3H3,(H,13,17). The molecule has 2 aromatic rings. The number of rotatable bonds is 4. The molecule has 0 fully saturated rings. The predicted octanol–water partition coefficient (Wildman–Crippen LogP) is 2.47. The molecule has 0 radical (unpaired) electrons. The van der Waals surface area contributed by atoms with Crippen molar-refractivity contribution in [3.05, 3.63) is 23.0 Å². The minimum absolute atomic E-state index is 0.0573. The van der Waals surface area contributed by atoms with Crippen molar-refractivity contribution in [2.24, 2.45) is 0 Å². The number of aromatic amines is 1. The van der Waals surface area contributed by atoms with E-state index in [4.69, 9.17) is 17.0 Å². The van der Waals surface area contributed by atoms with Gasteiger partial charge in [-0.25, -0.2) is 0 Å². The van der Waals surface area contributed by atoms with Gasteiger partial charge in [-0.05, 0) is 31.3 Å². The second kappa shape index (κ2) is 5.24. The zero-order valence-corrected chi connectivity index (χ0v) is 12.2. The first-order valence-electron chi connectivity index (χ1n) is 5.61. The molecule has 1 heterocycles. The second-order valence-corrected chi connectivity index (χ2v) is 6.42. The number of imidazole rings is 1. The van der Waals surface area contributed by atoms with Crippen LogP contribution in [0, 0.1) is 4.77 Å². The topological polar surface area (TPSA) is 47.0 Å². The molecule has 2 unspecified atom stereocenters. The highest BCUT2D eigenvalue weighted by atomic mass is 32.2. The summed E-state index contributed by atoms with van der Waals surface area (Å²) in [5, 5.41) is 0.0573. The van der Waals surface area contributed by atoms with Gasteiger partial charge in [0.25, 0.3) is 0 Å². The van der Waals surface area contributed by atoms with Gasteiger partial charge in [-0.2, -0.15) is 0 Å². The Morgan fingerprint density at radius 3 is 2.89 bits per heavy atom. The summed E-state index contributed by atoms with van der Waals surface area (Å²) in [6, 6.07) is 5.76. The van der Waals surface area contributed by atoms with E-state index in [0.717, 1.165) is 16.8 Å². The third-order valence-electron chi connectivity index (χ3n) is 2.99. The van der Waals surface area contributed by atoms with Crippen molar-refractivity contribution < 1.29 is 8.95 Å². The summed E-state index contributed by atoms with van der Waals surface area (Å²) in [7, 11) is 0.770. The smallest absolute Gasteiger partial charge is 0.178 e. The number of hydrogen-bond donors (Lipinski definition) is 1. The molecule has 18 heavy (non-hydrogen) atoms. The van der Waals surface area contributed by atoms with E-state index in [9.17, 15) is 4.21 Å². The number of H-pyrrole nitrogens is 1. The Labute approximate surface area is 113 Å². The average molecular weight is 284 g/mol. The van der Waals surface area contributed by atoms with Crippen LogP contribution >= 0.6 is 12.2 Å². The highest BCUT2D eigenvalue weighted by molar-refractivity contribution is 7.84. The van der Waals surface area contributed by atoms with Gasteiger partial charge in [-0.3, -0.25) is 4.21 Å². The molecule has 1 aromatic heterocycles. The van der Waals surface area contributed by atoms with Crippen molar-refractivity contribution in [1.82, 2.24) is 9.55 Å². The van der Waals surface area contributed by atoms with Crippen LogP contribution in [0.2, 0.25) is 0 Å². The van der Waals surface area contributed by atoms with Crippen LogP contribution in [0.3, 0.4) is 0 Å². The molecule has 0 saturated carbocycles. The molecular weight excluding hydrogens is 268 g/mol. The van der Waals surface area contributed by atoms with Crippen molar-refractivity contribution in [2.45, 2.75) is 18.7 Å². The van der Waals surface area contributed by atoms with Gasteiger partial charge >= 0.3 is 0 Å². The van der Waals surface area contributed by atoms with Crippen LogP contribution in [-0.4, -0.2) is 32.4 Å². The SMILES string of the molecule is COc1ccc2[nH]c(=S)n(CC(C)S(C)=O)c2c1. The Bertz CT molecular complexity index is 645. The fraction of sp³-hybridized carbons (Fsp3) is 0.417. The van der Waals surface area contributed by atoms with Crippen LogP contribution in [0.15, 0.2) is 18.2 Å². The third kappa shape index (κ3) is 2.49. The number of ether oxygens (including phenoxy) is 1. The van der Waals surface area contributed by atoms with Gasteiger partial charge in [0.1, 0.15) is 5.75 Å². The van der Waals surface area contributed by atoms with Crippen molar-refractivity contribution in [1.29, 1.82) is 0 Å². The molecule has 1 aromatic carbocycles. The Balaban J connectivity index is 2.51. The van der Waals surface area contributed by atoms with E-state index in [0.29, 0.717) is 11.3 Å². The van der Waals surface area contributed by atoms with E-state index in [-0.39, 0.29) is 5.25 Å². The summed E-state index contributed by atoms with van der Waals surface area (Å²) in [5.74, 6) is 0.788. The molecule has 0 aliphatic carbocycles. The largest absolute Gasteiger partial charge is 0.497 e. The number of benzene rings is 1. The molecule has 1 N–H and O–H groups in total. The van der Waals surface area contributed by atoms with Crippen LogP contribution in [0.1, 0.15) is 6.92 Å². The maximum absolute atomic E-state index is 11.5. The van der Waals surface area contributed by atoms with E-state index in [2.05, 4.69) is 4.98 Å². The number of fused-ring (bicyclic) bond motifs is 1. The van der Waals surface area contributed by atoms with Gasteiger partial charge in [-0.15, -0.1) is 0 Å². The minimum atomic E-state index is -0.866. The number of aromatic nitrogens is 2. The summed E-state index contributed by atoms with van der Waals surface area (Å²) in [5.41, 5.74) is 1.95. The Hall–Kier alpha value is -1.14. The number of hydrogen-bond acceptors (Lipinski definition) is 3. The van der Waals surface area contributed by atoms with Crippen LogP contribution in [-0.2, 0) is 17.3 Å². The van der Waals surface area contributed by atoms with Crippen LogP contribution < -0.4 is 4.74 Å². The van der Waals surface area contributed by atoms with Crippen molar-refractivity contribution >= 4 is 34.1 Å². The molecule has 0 aliphatic rings. The molecule has 0 amide bonds. The highest BCUT2D eigenvalue weighted by Gasteiger charge is 2.11. The summed E-state index contributed by atoms with van der Waals surface area (Å²) in [6.45, 7) is 2.59. The fourth-order valence-electron chi connectivity index (χ4n) is 1.80. The van der Waals surface area contributed by atoms with Gasteiger partial charge in [-0.1, -0.05) is 0 Å². The van der Waals surface area contributed by atoms with Crippen molar-refractivity contribution in [2.75, 3.05) is 13.4 Å². The summed E-state index contributed by atoms with van der Waals surface area (Å²) < 4.78 is 19.3. The zero-order chi connectivity index (χ0) is 13.3. The lowest BCUT2D eigenvalue weighted by molar-refractivity contribution is 0.415. The number of nitrogens with zero attached hydrogens (tertiary/aromatic N) is 1. The number of methoxy groups -OCH3 is 1. The maximum Gasteiger partial charge on any atom is 0.178 e. The molecule has 4 nitrogen and oxygen atoms in total. The normalized spacial score (nSPS) is 14.6. The fourth-order valence-corrected chi connectivity index (χ4v) is 2.44. The zero-order valence-electron chi connectivity index (χ0n) is 10.6. The summed E-state index contributed by atoms with van der Waals surface area (Å²) >= 11 is 5.31. The lowest BCUT2D eigenvalue weighted by atomic mass is 10.3. The van der Waals surface area contributed by atoms with E-state index in [1.165, 1.54) is 0 Å². The highest BCUT2D eigenvalue weighted by Crippen LogP contribution is 2.21. The van der Waals surface area contributed by atoms with E-state index < -0.39 is 10.8 Å². The first-order valence-corrected chi connectivity index (χ1v) is 7.64. The molecule has 0 aliphatic heterocycles. The molecule has 6 heteroatoms. The molecule has 2 atom stereocenters. The van der Waals surface area contributed by atoms with Crippen LogP contribution in [0.4, 0.5) is 0 Å². The van der Waals surface area contributed by atoms with Gasteiger partial charge in [0.05, 0.1) is 18.1 Å². The van der Waals surface area contributed by atoms with Crippen molar-refractivity contribution in [3.63, 3.8) is 0 Å². The molecular formula is C12H16N2O2S2. The first-order chi connectivity index (χ1) is 8.52.